The molecular weight excluding hydrogens is 268 g/mol. The molecule has 0 aliphatic rings. The van der Waals surface area contributed by atoms with Crippen LogP contribution in [0.1, 0.15) is 18.1 Å². The molecule has 1 atom stereocenters. The second-order valence-corrected chi connectivity index (χ2v) is 5.14. The zero-order chi connectivity index (χ0) is 15.6. The molecule has 110 valence electrons. The topological polar surface area (TPSA) is 85.3 Å². The molecule has 1 amide bonds. The smallest absolute Gasteiger partial charge is 0.336 e. The van der Waals surface area contributed by atoms with E-state index < -0.39 is 6.17 Å². The van der Waals surface area contributed by atoms with Crippen LogP contribution < -0.4 is 16.7 Å². The summed E-state index contributed by atoms with van der Waals surface area (Å²) in [4.78, 5) is 22.9. The number of rotatable bonds is 4. The van der Waals surface area contributed by atoms with Crippen molar-refractivity contribution in [3.05, 3.63) is 58.0 Å². The number of amides is 1. The Kier molecular flexibility index (Phi) is 4.23. The molecule has 0 saturated heterocycles. The molecule has 1 aromatic heterocycles. The van der Waals surface area contributed by atoms with Crippen molar-refractivity contribution in [2.75, 3.05) is 0 Å². The van der Waals surface area contributed by atoms with Gasteiger partial charge in [0.2, 0.25) is 5.91 Å². The lowest BCUT2D eigenvalue weighted by molar-refractivity contribution is -0.118. The van der Waals surface area contributed by atoms with Gasteiger partial charge in [-0.05, 0) is 31.0 Å². The monoisotopic (exact) mass is 286 g/mol. The van der Waals surface area contributed by atoms with Crippen molar-refractivity contribution >= 4 is 16.9 Å². The summed E-state index contributed by atoms with van der Waals surface area (Å²) in [5.41, 5.74) is 8.19. The third kappa shape index (κ3) is 3.58. The number of fused-ring (bicyclic) bond motifs is 1. The van der Waals surface area contributed by atoms with Crippen molar-refractivity contribution in [1.82, 2.24) is 5.32 Å². The van der Waals surface area contributed by atoms with Crippen molar-refractivity contribution < 1.29 is 9.21 Å². The van der Waals surface area contributed by atoms with E-state index >= 15 is 0 Å². The molecule has 1 heterocycles. The number of hydrogen-bond donors (Lipinski definition) is 2. The molecule has 0 bridgehead atoms. The van der Waals surface area contributed by atoms with Gasteiger partial charge in [0.15, 0.2) is 0 Å². The van der Waals surface area contributed by atoms with Crippen LogP contribution in [0, 0.1) is 6.92 Å². The fourth-order valence-electron chi connectivity index (χ4n) is 2.09. The van der Waals surface area contributed by atoms with Crippen molar-refractivity contribution in [3.63, 3.8) is 0 Å². The van der Waals surface area contributed by atoms with Gasteiger partial charge in [0.05, 0.1) is 6.17 Å². The Hall–Kier alpha value is -2.40. The van der Waals surface area contributed by atoms with Gasteiger partial charge in [-0.3, -0.25) is 4.79 Å². The molecule has 2 rings (SSSR count). The SMILES string of the molecule is C=C(C)C(=O)NC(N)Cc1ccc2c(C)cc(=O)oc2c1. The zero-order valence-corrected chi connectivity index (χ0v) is 12.1. The number of nitrogens with one attached hydrogen (secondary N) is 1. The normalized spacial score (nSPS) is 12.1. The fourth-order valence-corrected chi connectivity index (χ4v) is 2.09. The molecule has 5 nitrogen and oxygen atoms in total. The summed E-state index contributed by atoms with van der Waals surface area (Å²) in [6.45, 7) is 7.04. The predicted molar refractivity (Wildman–Crippen MR) is 81.9 cm³/mol. The largest absolute Gasteiger partial charge is 0.423 e. The van der Waals surface area contributed by atoms with E-state index in [2.05, 4.69) is 11.9 Å². The summed E-state index contributed by atoms with van der Waals surface area (Å²) in [6, 6.07) is 7.02. The second kappa shape index (κ2) is 5.93. The third-order valence-electron chi connectivity index (χ3n) is 3.18. The highest BCUT2D eigenvalue weighted by Gasteiger charge is 2.10. The average Bonchev–Trinajstić information content (AvgIpc) is 2.37. The number of aryl methyl sites for hydroxylation is 1. The van der Waals surface area contributed by atoms with Gasteiger partial charge in [-0.1, -0.05) is 18.7 Å². The van der Waals surface area contributed by atoms with Crippen LogP contribution in [-0.4, -0.2) is 12.1 Å². The number of carbonyl (C=O) groups excluding carboxylic acids is 1. The maximum atomic E-state index is 11.5. The Balaban J connectivity index is 2.21. The summed E-state index contributed by atoms with van der Waals surface area (Å²) < 4.78 is 5.19. The van der Waals surface area contributed by atoms with Crippen LogP contribution in [0.15, 0.2) is 45.6 Å². The number of nitrogens with two attached hydrogens (primary N) is 1. The summed E-state index contributed by atoms with van der Waals surface area (Å²) >= 11 is 0. The van der Waals surface area contributed by atoms with Crippen LogP contribution >= 0.6 is 0 Å². The van der Waals surface area contributed by atoms with Crippen LogP contribution in [0.2, 0.25) is 0 Å². The number of benzene rings is 1. The first kappa shape index (κ1) is 15.0. The highest BCUT2D eigenvalue weighted by Crippen LogP contribution is 2.18. The van der Waals surface area contributed by atoms with Gasteiger partial charge < -0.3 is 15.5 Å². The van der Waals surface area contributed by atoms with Crippen molar-refractivity contribution in [2.24, 2.45) is 5.73 Å². The molecule has 21 heavy (non-hydrogen) atoms. The molecule has 1 aromatic carbocycles. The lowest BCUT2D eigenvalue weighted by Gasteiger charge is -2.14. The lowest BCUT2D eigenvalue weighted by atomic mass is 10.1. The van der Waals surface area contributed by atoms with Crippen LogP contribution in [0.4, 0.5) is 0 Å². The molecule has 0 radical (unpaired) electrons. The van der Waals surface area contributed by atoms with Crippen LogP contribution in [0.3, 0.4) is 0 Å². The summed E-state index contributed by atoms with van der Waals surface area (Å²) in [7, 11) is 0. The first-order valence-corrected chi connectivity index (χ1v) is 6.62. The standard InChI is InChI=1S/C16H18N2O3/c1-9(2)16(20)18-14(17)8-11-4-5-12-10(3)6-15(19)21-13(12)7-11/h4-7,14H,1,8,17H2,2-3H3,(H,18,20). The van der Waals surface area contributed by atoms with Gasteiger partial charge in [-0.25, -0.2) is 4.79 Å². The van der Waals surface area contributed by atoms with Crippen molar-refractivity contribution in [3.8, 4) is 0 Å². The molecule has 0 aliphatic heterocycles. The Morgan fingerprint density at radius 3 is 2.81 bits per heavy atom. The second-order valence-electron chi connectivity index (χ2n) is 5.14. The Morgan fingerprint density at radius 1 is 1.43 bits per heavy atom. The Labute approximate surface area is 122 Å². The number of hydrogen-bond acceptors (Lipinski definition) is 4. The van der Waals surface area contributed by atoms with E-state index in [1.54, 1.807) is 13.0 Å². The van der Waals surface area contributed by atoms with Crippen molar-refractivity contribution in [2.45, 2.75) is 26.4 Å². The maximum absolute atomic E-state index is 11.5. The van der Waals surface area contributed by atoms with Crippen LogP contribution in [0.5, 0.6) is 0 Å². The summed E-state index contributed by atoms with van der Waals surface area (Å²) in [5.74, 6) is -0.273. The predicted octanol–water partition coefficient (Wildman–Crippen LogP) is 1.62. The zero-order valence-electron chi connectivity index (χ0n) is 12.1. The fraction of sp³-hybridized carbons (Fsp3) is 0.250. The van der Waals surface area contributed by atoms with E-state index in [9.17, 15) is 9.59 Å². The minimum absolute atomic E-state index is 0.273. The Morgan fingerprint density at radius 2 is 2.14 bits per heavy atom. The Bertz CT molecular complexity index is 762. The van der Waals surface area contributed by atoms with Gasteiger partial charge in [-0.2, -0.15) is 0 Å². The molecule has 0 spiro atoms. The lowest BCUT2D eigenvalue weighted by Crippen LogP contribution is -2.43. The summed E-state index contributed by atoms with van der Waals surface area (Å²) in [5, 5.41) is 3.53. The van der Waals surface area contributed by atoms with Gasteiger partial charge >= 0.3 is 5.63 Å². The van der Waals surface area contributed by atoms with Gasteiger partial charge in [0, 0.05) is 23.4 Å². The van der Waals surface area contributed by atoms with Crippen LogP contribution in [-0.2, 0) is 11.2 Å². The first-order chi connectivity index (χ1) is 9.86. The maximum Gasteiger partial charge on any atom is 0.336 e. The minimum atomic E-state index is -0.525. The molecule has 1 unspecified atom stereocenters. The van der Waals surface area contributed by atoms with E-state index in [1.165, 1.54) is 6.07 Å². The third-order valence-corrected chi connectivity index (χ3v) is 3.18. The van der Waals surface area contributed by atoms with E-state index in [1.807, 2.05) is 19.1 Å². The van der Waals surface area contributed by atoms with Gasteiger partial charge in [-0.15, -0.1) is 0 Å². The van der Waals surface area contributed by atoms with Crippen LogP contribution in [0.25, 0.3) is 11.0 Å². The summed E-state index contributed by atoms with van der Waals surface area (Å²) in [6.07, 6.45) is -0.0877. The van der Waals surface area contributed by atoms with E-state index in [0.717, 1.165) is 16.5 Å². The molecule has 2 aromatic rings. The highest BCUT2D eigenvalue weighted by atomic mass is 16.4. The van der Waals surface area contributed by atoms with E-state index in [0.29, 0.717) is 17.6 Å². The first-order valence-electron chi connectivity index (χ1n) is 6.62. The molecule has 3 N–H and O–H groups in total. The molecule has 5 heteroatoms. The van der Waals surface area contributed by atoms with Gasteiger partial charge in [0.25, 0.3) is 0 Å². The average molecular weight is 286 g/mol. The van der Waals surface area contributed by atoms with Gasteiger partial charge in [0.1, 0.15) is 5.58 Å². The quantitative estimate of drug-likeness (QED) is 0.508. The molecule has 0 saturated carbocycles. The van der Waals surface area contributed by atoms with E-state index in [-0.39, 0.29) is 11.5 Å². The highest BCUT2D eigenvalue weighted by molar-refractivity contribution is 5.92. The van der Waals surface area contributed by atoms with Crippen molar-refractivity contribution in [1.29, 1.82) is 0 Å². The number of carbonyl (C=O) groups is 1. The molecule has 0 aliphatic carbocycles. The van der Waals surface area contributed by atoms with E-state index in [4.69, 9.17) is 10.2 Å². The molecular formula is C16H18N2O3. The molecule has 0 fully saturated rings. The minimum Gasteiger partial charge on any atom is -0.423 e.